The van der Waals surface area contributed by atoms with Crippen molar-refractivity contribution in [2.24, 2.45) is 5.92 Å². The Morgan fingerprint density at radius 1 is 1.26 bits per heavy atom. The van der Waals surface area contributed by atoms with Gasteiger partial charge in [0.2, 0.25) is 0 Å². The molecule has 19 heavy (non-hydrogen) atoms. The van der Waals surface area contributed by atoms with Crippen molar-refractivity contribution in [3.05, 3.63) is 23.8 Å². The van der Waals surface area contributed by atoms with Gasteiger partial charge in [-0.05, 0) is 49.5 Å². The van der Waals surface area contributed by atoms with Crippen molar-refractivity contribution in [2.75, 3.05) is 27.3 Å². The molecule has 1 fully saturated rings. The number of benzene rings is 1. The van der Waals surface area contributed by atoms with Crippen LogP contribution in [0.2, 0.25) is 0 Å². The molecule has 0 aromatic heterocycles. The summed E-state index contributed by atoms with van der Waals surface area (Å²) in [4.78, 5) is 0. The minimum absolute atomic E-state index is 0.114. The fourth-order valence-corrected chi connectivity index (χ4v) is 2.62. The van der Waals surface area contributed by atoms with Gasteiger partial charge in [0.25, 0.3) is 0 Å². The predicted octanol–water partition coefficient (Wildman–Crippen LogP) is 2.31. The molecule has 2 unspecified atom stereocenters. The zero-order chi connectivity index (χ0) is 13.7. The van der Waals surface area contributed by atoms with E-state index < -0.39 is 0 Å². The van der Waals surface area contributed by atoms with Gasteiger partial charge < -0.3 is 14.8 Å². The molecule has 2 rings (SSSR count). The zero-order valence-corrected chi connectivity index (χ0v) is 11.5. The third-order valence-electron chi connectivity index (χ3n) is 3.68. The van der Waals surface area contributed by atoms with Crippen molar-refractivity contribution in [3.63, 3.8) is 0 Å². The molecule has 4 heteroatoms. The quantitative estimate of drug-likeness (QED) is 0.902. The van der Waals surface area contributed by atoms with Crippen molar-refractivity contribution in [1.29, 1.82) is 5.26 Å². The van der Waals surface area contributed by atoms with Gasteiger partial charge in [-0.15, -0.1) is 0 Å². The second-order valence-electron chi connectivity index (χ2n) is 4.86. The van der Waals surface area contributed by atoms with Crippen LogP contribution < -0.4 is 14.8 Å². The fraction of sp³-hybridized carbons (Fsp3) is 0.533. The van der Waals surface area contributed by atoms with Crippen LogP contribution in [0.3, 0.4) is 0 Å². The van der Waals surface area contributed by atoms with Gasteiger partial charge in [0.1, 0.15) is 11.5 Å². The molecule has 0 radical (unpaired) electrons. The van der Waals surface area contributed by atoms with Crippen molar-refractivity contribution < 1.29 is 9.47 Å². The average molecular weight is 260 g/mol. The van der Waals surface area contributed by atoms with E-state index in [0.717, 1.165) is 43.0 Å². The number of hydrogen-bond donors (Lipinski definition) is 1. The summed E-state index contributed by atoms with van der Waals surface area (Å²) in [6, 6.07) is 8.14. The number of ether oxygens (including phenoxy) is 2. The number of hydrogen-bond acceptors (Lipinski definition) is 4. The molecule has 102 valence electrons. The maximum absolute atomic E-state index is 9.50. The smallest absolute Gasteiger partial charge is 0.122 e. The van der Waals surface area contributed by atoms with E-state index in [2.05, 4.69) is 11.4 Å². The highest BCUT2D eigenvalue weighted by Crippen LogP contribution is 2.33. The summed E-state index contributed by atoms with van der Waals surface area (Å²) in [7, 11) is 3.25. The lowest BCUT2D eigenvalue weighted by Gasteiger charge is -2.27. The molecule has 4 nitrogen and oxygen atoms in total. The lowest BCUT2D eigenvalue weighted by Crippen LogP contribution is -2.32. The van der Waals surface area contributed by atoms with Crippen LogP contribution in [-0.2, 0) is 0 Å². The Balaban J connectivity index is 2.29. The first-order valence-corrected chi connectivity index (χ1v) is 6.61. The van der Waals surface area contributed by atoms with Crippen LogP contribution in [0.25, 0.3) is 0 Å². The van der Waals surface area contributed by atoms with Crippen molar-refractivity contribution in [3.8, 4) is 17.6 Å². The van der Waals surface area contributed by atoms with Gasteiger partial charge in [-0.3, -0.25) is 0 Å². The molecule has 2 atom stereocenters. The van der Waals surface area contributed by atoms with Crippen molar-refractivity contribution >= 4 is 0 Å². The summed E-state index contributed by atoms with van der Waals surface area (Å²) in [5.41, 5.74) is 0.979. The van der Waals surface area contributed by atoms with Gasteiger partial charge in [0.05, 0.1) is 26.2 Å². The summed E-state index contributed by atoms with van der Waals surface area (Å²) in [6.45, 7) is 1.95. The van der Waals surface area contributed by atoms with E-state index in [4.69, 9.17) is 9.47 Å². The number of piperidine rings is 1. The average Bonchev–Trinajstić information content (AvgIpc) is 2.48. The monoisotopic (exact) mass is 260 g/mol. The van der Waals surface area contributed by atoms with E-state index in [0.29, 0.717) is 5.92 Å². The molecule has 0 amide bonds. The van der Waals surface area contributed by atoms with E-state index in [-0.39, 0.29) is 5.92 Å². The number of rotatable bonds is 4. The highest BCUT2D eigenvalue weighted by molar-refractivity contribution is 5.42. The van der Waals surface area contributed by atoms with E-state index in [9.17, 15) is 5.26 Å². The predicted molar refractivity (Wildman–Crippen MR) is 73.5 cm³/mol. The van der Waals surface area contributed by atoms with Crippen LogP contribution in [0, 0.1) is 17.2 Å². The normalized spacial score (nSPS) is 20.4. The summed E-state index contributed by atoms with van der Waals surface area (Å²) < 4.78 is 10.5. The molecule has 0 saturated carbocycles. The summed E-state index contributed by atoms with van der Waals surface area (Å²) >= 11 is 0. The van der Waals surface area contributed by atoms with Crippen molar-refractivity contribution in [2.45, 2.75) is 18.8 Å². The van der Waals surface area contributed by atoms with Crippen LogP contribution >= 0.6 is 0 Å². The van der Waals surface area contributed by atoms with E-state index in [1.807, 2.05) is 18.2 Å². The largest absolute Gasteiger partial charge is 0.497 e. The van der Waals surface area contributed by atoms with Gasteiger partial charge >= 0.3 is 0 Å². The fourth-order valence-electron chi connectivity index (χ4n) is 2.62. The Labute approximate surface area is 114 Å². The zero-order valence-electron chi connectivity index (χ0n) is 11.5. The number of nitrogens with one attached hydrogen (secondary N) is 1. The third-order valence-corrected chi connectivity index (χ3v) is 3.68. The van der Waals surface area contributed by atoms with E-state index in [1.165, 1.54) is 0 Å². The number of nitrogens with zero attached hydrogens (tertiary/aromatic N) is 1. The van der Waals surface area contributed by atoms with Crippen LogP contribution in [0.15, 0.2) is 18.2 Å². The molecule has 1 N–H and O–H groups in total. The van der Waals surface area contributed by atoms with Crippen LogP contribution in [0.4, 0.5) is 0 Å². The molecular weight excluding hydrogens is 240 g/mol. The summed E-state index contributed by atoms with van der Waals surface area (Å²) in [6.07, 6.45) is 2.22. The van der Waals surface area contributed by atoms with Crippen LogP contribution in [0.1, 0.15) is 24.3 Å². The van der Waals surface area contributed by atoms with Gasteiger partial charge in [0, 0.05) is 6.07 Å². The van der Waals surface area contributed by atoms with Gasteiger partial charge in [-0.25, -0.2) is 0 Å². The summed E-state index contributed by atoms with van der Waals surface area (Å²) in [5, 5.41) is 12.9. The van der Waals surface area contributed by atoms with Gasteiger partial charge in [-0.2, -0.15) is 5.26 Å². The number of methoxy groups -OCH3 is 2. The Hall–Kier alpha value is -1.73. The van der Waals surface area contributed by atoms with Crippen LogP contribution in [0.5, 0.6) is 11.5 Å². The first kappa shape index (κ1) is 13.7. The Morgan fingerprint density at radius 3 is 2.42 bits per heavy atom. The van der Waals surface area contributed by atoms with E-state index >= 15 is 0 Å². The minimum atomic E-state index is -0.114. The molecule has 1 heterocycles. The Kier molecular flexibility index (Phi) is 4.64. The third kappa shape index (κ3) is 3.18. The maximum atomic E-state index is 9.50. The maximum Gasteiger partial charge on any atom is 0.122 e. The molecule has 1 aromatic rings. The van der Waals surface area contributed by atoms with E-state index in [1.54, 1.807) is 14.2 Å². The second-order valence-corrected chi connectivity index (χ2v) is 4.86. The second kappa shape index (κ2) is 6.44. The molecule has 0 aliphatic carbocycles. The Morgan fingerprint density at radius 2 is 1.95 bits per heavy atom. The molecule has 1 aromatic carbocycles. The number of nitriles is 1. The lowest BCUT2D eigenvalue weighted by atomic mass is 9.82. The van der Waals surface area contributed by atoms with Crippen LogP contribution in [-0.4, -0.2) is 27.3 Å². The standard InChI is InChI=1S/C15H20N2O2/c1-18-13-6-12(7-14(8-13)19-2)15(9-16)11-4-3-5-17-10-11/h6-8,11,15,17H,3-5,10H2,1-2H3. The van der Waals surface area contributed by atoms with Gasteiger partial charge in [-0.1, -0.05) is 0 Å². The molecular formula is C15H20N2O2. The van der Waals surface area contributed by atoms with Gasteiger partial charge in [0.15, 0.2) is 0 Å². The highest BCUT2D eigenvalue weighted by Gasteiger charge is 2.25. The SMILES string of the molecule is COc1cc(OC)cc(C(C#N)C2CCCNC2)c1. The molecule has 0 spiro atoms. The first-order valence-electron chi connectivity index (χ1n) is 6.61. The molecule has 0 bridgehead atoms. The molecule has 1 aliphatic rings. The van der Waals surface area contributed by atoms with Crippen molar-refractivity contribution in [1.82, 2.24) is 5.32 Å². The highest BCUT2D eigenvalue weighted by atomic mass is 16.5. The topological polar surface area (TPSA) is 54.3 Å². The minimum Gasteiger partial charge on any atom is -0.497 e. The first-order chi connectivity index (χ1) is 9.28. The summed E-state index contributed by atoms with van der Waals surface area (Å²) in [5.74, 6) is 1.71. The lowest BCUT2D eigenvalue weighted by molar-refractivity contribution is 0.351. The Bertz CT molecular complexity index is 439. The molecule has 1 aliphatic heterocycles. The molecule has 1 saturated heterocycles.